The van der Waals surface area contributed by atoms with Crippen molar-refractivity contribution in [3.63, 3.8) is 0 Å². The van der Waals surface area contributed by atoms with Crippen molar-refractivity contribution >= 4 is 12.4 Å². The maximum Gasteiger partial charge on any atom is 0.322 e. The van der Waals surface area contributed by atoms with Crippen LogP contribution in [0, 0.1) is 5.95 Å². The standard InChI is InChI=1S/C5H4FN.C3H5NO3/c6-5-3-1-2-4-7-5;5-2-4-1-3(6)7/h1-4H;2H,1H2,(H,4,5)(H,6,7). The van der Waals surface area contributed by atoms with Crippen LogP contribution in [0.25, 0.3) is 0 Å². The number of carboxylic acid groups (broad SMARTS) is 1. The first-order valence-electron chi connectivity index (χ1n) is 3.62. The maximum absolute atomic E-state index is 11.8. The van der Waals surface area contributed by atoms with E-state index >= 15 is 0 Å². The molecule has 0 fully saturated rings. The first-order valence-corrected chi connectivity index (χ1v) is 3.62. The molecule has 14 heavy (non-hydrogen) atoms. The number of aliphatic carboxylic acids is 1. The molecule has 1 aromatic heterocycles. The van der Waals surface area contributed by atoms with Crippen molar-refractivity contribution in [2.24, 2.45) is 0 Å². The van der Waals surface area contributed by atoms with Crippen molar-refractivity contribution in [3.8, 4) is 0 Å². The van der Waals surface area contributed by atoms with Crippen LogP contribution in [-0.4, -0.2) is 29.0 Å². The predicted octanol–water partition coefficient (Wildman–Crippen LogP) is 0.0377. The highest BCUT2D eigenvalue weighted by atomic mass is 19.1. The van der Waals surface area contributed by atoms with Crippen LogP contribution in [0.4, 0.5) is 4.39 Å². The van der Waals surface area contributed by atoms with Crippen LogP contribution in [0.15, 0.2) is 24.4 Å². The highest BCUT2D eigenvalue weighted by molar-refractivity contribution is 5.71. The Morgan fingerprint density at radius 1 is 1.64 bits per heavy atom. The third kappa shape index (κ3) is 8.12. The second-order valence-electron chi connectivity index (χ2n) is 2.04. The van der Waals surface area contributed by atoms with Crippen molar-refractivity contribution in [1.82, 2.24) is 10.3 Å². The van der Waals surface area contributed by atoms with Gasteiger partial charge in [-0.1, -0.05) is 6.07 Å². The summed E-state index contributed by atoms with van der Waals surface area (Å²) in [7, 11) is 0. The topological polar surface area (TPSA) is 79.3 Å². The average Bonchev–Trinajstić information content (AvgIpc) is 2.17. The zero-order valence-electron chi connectivity index (χ0n) is 7.18. The van der Waals surface area contributed by atoms with Gasteiger partial charge in [-0.15, -0.1) is 0 Å². The largest absolute Gasteiger partial charge is 0.480 e. The fourth-order valence-corrected chi connectivity index (χ4v) is 0.471. The van der Waals surface area contributed by atoms with Gasteiger partial charge in [0.25, 0.3) is 0 Å². The molecule has 0 aliphatic rings. The predicted molar refractivity (Wildman–Crippen MR) is 45.9 cm³/mol. The number of carbonyl (C=O) groups excluding carboxylic acids is 1. The van der Waals surface area contributed by atoms with Gasteiger partial charge in [0.15, 0.2) is 0 Å². The molecule has 0 saturated heterocycles. The van der Waals surface area contributed by atoms with Gasteiger partial charge in [0.1, 0.15) is 6.54 Å². The van der Waals surface area contributed by atoms with Crippen molar-refractivity contribution < 1.29 is 19.1 Å². The number of rotatable bonds is 3. The summed E-state index contributed by atoms with van der Waals surface area (Å²) in [5.41, 5.74) is 0. The van der Waals surface area contributed by atoms with Crippen molar-refractivity contribution in [3.05, 3.63) is 30.3 Å². The smallest absolute Gasteiger partial charge is 0.322 e. The number of halogens is 1. The first-order chi connectivity index (χ1) is 6.66. The first kappa shape index (κ1) is 12.0. The molecule has 6 heteroatoms. The van der Waals surface area contributed by atoms with E-state index in [-0.39, 0.29) is 6.54 Å². The summed E-state index contributed by atoms with van der Waals surface area (Å²) in [5.74, 6) is -1.46. The molecule has 5 nitrogen and oxygen atoms in total. The van der Waals surface area contributed by atoms with Gasteiger partial charge in [-0.25, -0.2) is 4.98 Å². The van der Waals surface area contributed by atoms with Crippen LogP contribution in [0.3, 0.4) is 0 Å². The van der Waals surface area contributed by atoms with Gasteiger partial charge in [-0.3, -0.25) is 9.59 Å². The molecular formula is C8H9FN2O3. The lowest BCUT2D eigenvalue weighted by molar-refractivity contribution is -0.136. The van der Waals surface area contributed by atoms with Gasteiger partial charge in [0.2, 0.25) is 12.4 Å². The number of amides is 1. The number of aromatic nitrogens is 1. The van der Waals surface area contributed by atoms with E-state index in [1.165, 1.54) is 12.3 Å². The van der Waals surface area contributed by atoms with E-state index < -0.39 is 11.9 Å². The highest BCUT2D eigenvalue weighted by Gasteiger charge is 1.88. The molecule has 1 amide bonds. The Bertz CT molecular complexity index is 279. The fraction of sp³-hybridized carbons (Fsp3) is 0.125. The molecule has 76 valence electrons. The van der Waals surface area contributed by atoms with Gasteiger partial charge in [-0.2, -0.15) is 4.39 Å². The van der Waals surface area contributed by atoms with E-state index in [1.807, 2.05) is 5.32 Å². The molecule has 0 saturated carbocycles. The number of pyridine rings is 1. The van der Waals surface area contributed by atoms with Crippen molar-refractivity contribution in [1.29, 1.82) is 0 Å². The number of nitrogens with one attached hydrogen (secondary N) is 1. The monoisotopic (exact) mass is 200 g/mol. The molecule has 0 atom stereocenters. The molecule has 0 spiro atoms. The van der Waals surface area contributed by atoms with Crippen LogP contribution in [0.5, 0.6) is 0 Å². The molecule has 0 unspecified atom stereocenters. The van der Waals surface area contributed by atoms with Gasteiger partial charge in [0.05, 0.1) is 0 Å². The Hall–Kier alpha value is -1.98. The van der Waals surface area contributed by atoms with Crippen molar-refractivity contribution in [2.45, 2.75) is 0 Å². The van der Waals surface area contributed by atoms with Crippen LogP contribution >= 0.6 is 0 Å². The Balaban J connectivity index is 0.000000241. The molecule has 0 bridgehead atoms. The summed E-state index contributed by atoms with van der Waals surface area (Å²) in [6.45, 7) is -0.302. The van der Waals surface area contributed by atoms with Gasteiger partial charge >= 0.3 is 5.97 Å². The Morgan fingerprint density at radius 2 is 2.36 bits per heavy atom. The molecule has 0 radical (unpaired) electrons. The van der Waals surface area contributed by atoms with E-state index in [4.69, 9.17) is 5.11 Å². The summed E-state index contributed by atoms with van der Waals surface area (Å²) >= 11 is 0. The second-order valence-corrected chi connectivity index (χ2v) is 2.04. The van der Waals surface area contributed by atoms with Crippen LogP contribution in [-0.2, 0) is 9.59 Å². The molecule has 1 rings (SSSR count). The van der Waals surface area contributed by atoms with Crippen LogP contribution < -0.4 is 5.32 Å². The number of carboxylic acids is 1. The normalized spacial score (nSPS) is 8.07. The molecule has 0 aliphatic heterocycles. The Morgan fingerprint density at radius 3 is 2.57 bits per heavy atom. The second kappa shape index (κ2) is 7.66. The van der Waals surface area contributed by atoms with Gasteiger partial charge in [0, 0.05) is 6.20 Å². The van der Waals surface area contributed by atoms with E-state index in [0.29, 0.717) is 6.41 Å². The highest BCUT2D eigenvalue weighted by Crippen LogP contribution is 1.85. The Kier molecular flexibility index (Phi) is 6.57. The maximum atomic E-state index is 11.8. The molecule has 0 aromatic carbocycles. The summed E-state index contributed by atoms with van der Waals surface area (Å²) in [5, 5.41) is 9.79. The number of hydrogen-bond donors (Lipinski definition) is 2. The lowest BCUT2D eigenvalue weighted by Gasteiger charge is -1.85. The minimum Gasteiger partial charge on any atom is -0.480 e. The third-order valence-corrected chi connectivity index (χ3v) is 0.965. The van der Waals surface area contributed by atoms with Gasteiger partial charge < -0.3 is 10.4 Å². The summed E-state index contributed by atoms with van der Waals surface area (Å²) in [4.78, 5) is 22.2. The number of carbonyl (C=O) groups is 2. The molecule has 1 heterocycles. The van der Waals surface area contributed by atoms with Crippen LogP contribution in [0.1, 0.15) is 0 Å². The van der Waals surface area contributed by atoms with Crippen LogP contribution in [0.2, 0.25) is 0 Å². The van der Waals surface area contributed by atoms with Gasteiger partial charge in [-0.05, 0) is 12.1 Å². The minimum absolute atomic E-state index is 0.302. The molecule has 0 aliphatic carbocycles. The van der Waals surface area contributed by atoms with E-state index in [9.17, 15) is 14.0 Å². The molecular weight excluding hydrogens is 191 g/mol. The third-order valence-electron chi connectivity index (χ3n) is 0.965. The number of hydrogen-bond acceptors (Lipinski definition) is 3. The molecule has 2 N–H and O–H groups in total. The number of nitrogens with zero attached hydrogens (tertiary/aromatic N) is 1. The van der Waals surface area contributed by atoms with E-state index in [2.05, 4.69) is 4.98 Å². The van der Waals surface area contributed by atoms with E-state index in [1.54, 1.807) is 12.1 Å². The lowest BCUT2D eigenvalue weighted by atomic mass is 10.5. The summed E-state index contributed by atoms with van der Waals surface area (Å²) in [6, 6.07) is 4.57. The zero-order valence-corrected chi connectivity index (χ0v) is 7.18. The summed E-state index contributed by atoms with van der Waals surface area (Å²) in [6.07, 6.45) is 1.75. The SMILES string of the molecule is Fc1ccccn1.O=CNCC(=O)O. The quantitative estimate of drug-likeness (QED) is 0.533. The Labute approximate surface area is 79.6 Å². The lowest BCUT2D eigenvalue weighted by Crippen LogP contribution is -2.20. The minimum atomic E-state index is -1.04. The average molecular weight is 200 g/mol. The zero-order chi connectivity index (χ0) is 10.8. The van der Waals surface area contributed by atoms with E-state index in [0.717, 1.165) is 0 Å². The fourth-order valence-electron chi connectivity index (χ4n) is 0.471. The summed E-state index contributed by atoms with van der Waals surface area (Å²) < 4.78 is 11.8. The molecule has 1 aromatic rings. The van der Waals surface area contributed by atoms with Crippen molar-refractivity contribution in [2.75, 3.05) is 6.54 Å².